The SMILES string of the molecule is CCN(CC)CCC(C(=O)[O-])C(=O)[O-].[Na+].[Na+]. The molecule has 0 radical (unpaired) electrons. The summed E-state index contributed by atoms with van der Waals surface area (Å²) in [7, 11) is 0. The summed E-state index contributed by atoms with van der Waals surface area (Å²) in [5.74, 6) is -4.65. The maximum absolute atomic E-state index is 10.4. The molecule has 0 bridgehead atoms. The average Bonchev–Trinajstić information content (AvgIpc) is 2.11. The van der Waals surface area contributed by atoms with Crippen LogP contribution in [-0.2, 0) is 9.59 Å². The third-order valence-electron chi connectivity index (χ3n) is 2.20. The first-order valence-electron chi connectivity index (χ1n) is 4.66. The molecule has 0 saturated heterocycles. The number of nitrogens with zero attached hydrogens (tertiary/aromatic N) is 1. The van der Waals surface area contributed by atoms with Gasteiger partial charge in [-0.05, 0) is 26.1 Å². The molecular formula is C9H15NNa2O4. The Hall–Kier alpha value is 0.900. The van der Waals surface area contributed by atoms with Crippen molar-refractivity contribution in [2.75, 3.05) is 19.6 Å². The van der Waals surface area contributed by atoms with Crippen LogP contribution < -0.4 is 69.3 Å². The number of rotatable bonds is 7. The molecule has 16 heavy (non-hydrogen) atoms. The van der Waals surface area contributed by atoms with Gasteiger partial charge in [-0.15, -0.1) is 0 Å². The zero-order valence-electron chi connectivity index (χ0n) is 10.5. The number of aliphatic carboxylic acids is 2. The molecule has 0 rings (SSSR count). The summed E-state index contributed by atoms with van der Waals surface area (Å²) in [6, 6.07) is 0. The Morgan fingerprint density at radius 2 is 1.44 bits per heavy atom. The van der Waals surface area contributed by atoms with Crippen LogP contribution in [0.15, 0.2) is 0 Å². The first-order valence-corrected chi connectivity index (χ1v) is 4.66. The van der Waals surface area contributed by atoms with Crippen LogP contribution >= 0.6 is 0 Å². The van der Waals surface area contributed by atoms with Crippen molar-refractivity contribution >= 4 is 11.9 Å². The summed E-state index contributed by atoms with van der Waals surface area (Å²) in [4.78, 5) is 22.7. The number of carboxylic acid groups (broad SMARTS) is 2. The quantitative estimate of drug-likeness (QED) is 0.329. The van der Waals surface area contributed by atoms with Crippen molar-refractivity contribution < 1.29 is 78.9 Å². The van der Waals surface area contributed by atoms with E-state index in [1.807, 2.05) is 18.7 Å². The molecule has 0 saturated carbocycles. The normalized spacial score (nSPS) is 9.50. The van der Waals surface area contributed by atoms with Crippen LogP contribution in [-0.4, -0.2) is 36.5 Å². The monoisotopic (exact) mass is 247 g/mol. The predicted molar refractivity (Wildman–Crippen MR) is 45.9 cm³/mol. The summed E-state index contributed by atoms with van der Waals surface area (Å²) in [5, 5.41) is 20.8. The summed E-state index contributed by atoms with van der Waals surface area (Å²) in [5.41, 5.74) is 0. The molecule has 0 atom stereocenters. The number of carbonyl (C=O) groups excluding carboxylic acids is 2. The zero-order chi connectivity index (χ0) is 11.1. The molecule has 0 aliphatic carbocycles. The molecule has 0 aromatic carbocycles. The first kappa shape index (κ1) is 22.1. The van der Waals surface area contributed by atoms with Crippen molar-refractivity contribution in [3.8, 4) is 0 Å². The van der Waals surface area contributed by atoms with E-state index in [2.05, 4.69) is 0 Å². The van der Waals surface area contributed by atoms with Crippen molar-refractivity contribution in [1.29, 1.82) is 0 Å². The second-order valence-electron chi connectivity index (χ2n) is 3.01. The molecule has 0 spiro atoms. The van der Waals surface area contributed by atoms with Crippen molar-refractivity contribution in [3.05, 3.63) is 0 Å². The van der Waals surface area contributed by atoms with Crippen LogP contribution in [0.3, 0.4) is 0 Å². The minimum Gasteiger partial charge on any atom is -0.549 e. The van der Waals surface area contributed by atoms with E-state index in [1.54, 1.807) is 0 Å². The van der Waals surface area contributed by atoms with Crippen molar-refractivity contribution in [2.45, 2.75) is 20.3 Å². The standard InChI is InChI=1S/C9H17NO4.2Na/c1-3-10(4-2)6-5-7(8(11)12)9(13)14;;/h7H,3-6H2,1-2H3,(H,11,12)(H,13,14);;/q;2*+1/p-2. The van der Waals surface area contributed by atoms with E-state index in [0.29, 0.717) is 6.54 Å². The molecule has 0 N–H and O–H groups in total. The van der Waals surface area contributed by atoms with Gasteiger partial charge in [-0.3, -0.25) is 0 Å². The van der Waals surface area contributed by atoms with E-state index in [4.69, 9.17) is 0 Å². The number of carboxylic acids is 2. The van der Waals surface area contributed by atoms with Gasteiger partial charge < -0.3 is 24.7 Å². The van der Waals surface area contributed by atoms with Gasteiger partial charge in [0.05, 0.1) is 11.9 Å². The molecule has 0 aliphatic heterocycles. The topological polar surface area (TPSA) is 83.5 Å². The molecule has 0 aromatic rings. The fraction of sp³-hybridized carbons (Fsp3) is 0.778. The van der Waals surface area contributed by atoms with Crippen molar-refractivity contribution in [3.63, 3.8) is 0 Å². The summed E-state index contributed by atoms with van der Waals surface area (Å²) >= 11 is 0. The van der Waals surface area contributed by atoms with Gasteiger partial charge in [-0.2, -0.15) is 0 Å². The molecule has 0 heterocycles. The van der Waals surface area contributed by atoms with Crippen molar-refractivity contribution in [1.82, 2.24) is 4.90 Å². The van der Waals surface area contributed by atoms with Crippen molar-refractivity contribution in [2.24, 2.45) is 5.92 Å². The Morgan fingerprint density at radius 1 is 1.06 bits per heavy atom. The minimum atomic E-state index is -1.57. The molecule has 0 amide bonds. The Kier molecular flexibility index (Phi) is 17.1. The fourth-order valence-corrected chi connectivity index (χ4v) is 1.18. The third kappa shape index (κ3) is 8.98. The smallest absolute Gasteiger partial charge is 0.549 e. The summed E-state index contributed by atoms with van der Waals surface area (Å²) in [6.45, 7) is 5.82. The maximum atomic E-state index is 10.4. The van der Waals surface area contributed by atoms with E-state index in [0.717, 1.165) is 13.1 Å². The second kappa shape index (κ2) is 12.4. The van der Waals surface area contributed by atoms with Gasteiger partial charge in [0.1, 0.15) is 0 Å². The predicted octanol–water partition coefficient (Wildman–Crippen LogP) is -8.16. The van der Waals surface area contributed by atoms with Crippen LogP contribution in [0.2, 0.25) is 0 Å². The van der Waals surface area contributed by atoms with E-state index in [9.17, 15) is 19.8 Å². The second-order valence-corrected chi connectivity index (χ2v) is 3.01. The van der Waals surface area contributed by atoms with Gasteiger partial charge in [0.2, 0.25) is 0 Å². The Morgan fingerprint density at radius 3 is 1.69 bits per heavy atom. The zero-order valence-corrected chi connectivity index (χ0v) is 14.5. The van der Waals surface area contributed by atoms with Gasteiger partial charge in [0.25, 0.3) is 0 Å². The summed E-state index contributed by atoms with van der Waals surface area (Å²) < 4.78 is 0. The van der Waals surface area contributed by atoms with Gasteiger partial charge in [0.15, 0.2) is 0 Å². The molecule has 0 unspecified atom stereocenters. The van der Waals surface area contributed by atoms with E-state index in [-0.39, 0.29) is 65.5 Å². The molecule has 0 fully saturated rings. The first-order chi connectivity index (χ1) is 6.52. The Balaban J connectivity index is -0.000000845. The average molecular weight is 247 g/mol. The fourth-order valence-electron chi connectivity index (χ4n) is 1.18. The molecule has 5 nitrogen and oxygen atoms in total. The van der Waals surface area contributed by atoms with Crippen LogP contribution in [0.1, 0.15) is 20.3 Å². The van der Waals surface area contributed by atoms with Gasteiger partial charge in [-0.1, -0.05) is 13.8 Å². The van der Waals surface area contributed by atoms with Gasteiger partial charge in [0, 0.05) is 5.92 Å². The Bertz CT molecular complexity index is 196. The number of hydrogen-bond donors (Lipinski definition) is 0. The molecular weight excluding hydrogens is 232 g/mol. The Labute approximate surface area is 140 Å². The molecule has 0 aromatic heterocycles. The van der Waals surface area contributed by atoms with Gasteiger partial charge in [-0.25, -0.2) is 0 Å². The molecule has 82 valence electrons. The minimum absolute atomic E-state index is 0. The van der Waals surface area contributed by atoms with Gasteiger partial charge >= 0.3 is 59.1 Å². The van der Waals surface area contributed by atoms with Crippen LogP contribution in [0.4, 0.5) is 0 Å². The third-order valence-corrected chi connectivity index (χ3v) is 2.20. The largest absolute Gasteiger partial charge is 1.00 e. The number of carbonyl (C=O) groups is 2. The van der Waals surface area contributed by atoms with E-state index >= 15 is 0 Å². The van der Waals surface area contributed by atoms with E-state index in [1.165, 1.54) is 0 Å². The molecule has 0 aliphatic rings. The van der Waals surface area contributed by atoms with Crippen LogP contribution in [0.5, 0.6) is 0 Å². The van der Waals surface area contributed by atoms with E-state index < -0.39 is 17.9 Å². The summed E-state index contributed by atoms with van der Waals surface area (Å²) in [6.07, 6.45) is 0.0341. The number of hydrogen-bond acceptors (Lipinski definition) is 5. The maximum Gasteiger partial charge on any atom is 1.00 e. The molecule has 7 heteroatoms. The van der Waals surface area contributed by atoms with Crippen LogP contribution in [0, 0.1) is 5.92 Å². The van der Waals surface area contributed by atoms with Crippen LogP contribution in [0.25, 0.3) is 0 Å².